The quantitative estimate of drug-likeness (QED) is 0.624. The summed E-state index contributed by atoms with van der Waals surface area (Å²) in [5.74, 6) is 0.231. The van der Waals surface area contributed by atoms with Crippen molar-refractivity contribution in [1.82, 2.24) is 9.62 Å². The molecule has 0 bridgehead atoms. The fraction of sp³-hybridized carbons (Fsp3) is 0.900. The second-order valence-electron chi connectivity index (χ2n) is 4.65. The minimum absolute atomic E-state index is 0.0790. The first kappa shape index (κ1) is 14.4. The van der Waals surface area contributed by atoms with Gasteiger partial charge in [0.25, 0.3) is 0 Å². The highest BCUT2D eigenvalue weighted by atomic mass is 32.2. The van der Waals surface area contributed by atoms with Gasteiger partial charge in [0.05, 0.1) is 5.75 Å². The van der Waals surface area contributed by atoms with Gasteiger partial charge in [0, 0.05) is 33.1 Å². The minimum Gasteiger partial charge on any atom is -0.355 e. The molecule has 1 atom stereocenters. The van der Waals surface area contributed by atoms with Gasteiger partial charge in [-0.25, -0.2) is 12.7 Å². The highest BCUT2D eigenvalue weighted by Crippen LogP contribution is 2.32. The summed E-state index contributed by atoms with van der Waals surface area (Å²) in [5, 5.41) is 2.58. The van der Waals surface area contributed by atoms with Crippen molar-refractivity contribution < 1.29 is 13.2 Å². The Balaban J connectivity index is 2.19. The van der Waals surface area contributed by atoms with E-state index in [0.717, 1.165) is 17.1 Å². The van der Waals surface area contributed by atoms with Gasteiger partial charge in [0.1, 0.15) is 0 Å². The Hall–Kier alpha value is -0.660. The van der Waals surface area contributed by atoms with Crippen molar-refractivity contribution in [3.8, 4) is 0 Å². The van der Waals surface area contributed by atoms with Gasteiger partial charge in [-0.1, -0.05) is 0 Å². The Morgan fingerprint density at radius 2 is 2.06 bits per heavy atom. The van der Waals surface area contributed by atoms with Gasteiger partial charge in [-0.2, -0.15) is 0 Å². The molecule has 0 radical (unpaired) electrons. The molecule has 1 aliphatic carbocycles. The number of nitrogens with zero attached hydrogens (tertiary/aromatic N) is 1. The van der Waals surface area contributed by atoms with Gasteiger partial charge in [0.2, 0.25) is 15.9 Å². The van der Waals surface area contributed by atoms with Gasteiger partial charge in [-0.05, 0) is 18.8 Å². The molecule has 1 unspecified atom stereocenters. The predicted octanol–water partition coefficient (Wildman–Crippen LogP) is -0.879. The molecule has 0 aromatic heterocycles. The molecule has 1 fully saturated rings. The minimum atomic E-state index is -3.24. The van der Waals surface area contributed by atoms with Gasteiger partial charge >= 0.3 is 0 Å². The molecule has 6 nitrogen and oxygen atoms in total. The van der Waals surface area contributed by atoms with E-state index in [1.54, 1.807) is 0 Å². The van der Waals surface area contributed by atoms with Crippen LogP contribution < -0.4 is 11.1 Å². The largest absolute Gasteiger partial charge is 0.355 e. The van der Waals surface area contributed by atoms with Gasteiger partial charge in [0.15, 0.2) is 0 Å². The van der Waals surface area contributed by atoms with E-state index < -0.39 is 10.0 Å². The van der Waals surface area contributed by atoms with E-state index in [2.05, 4.69) is 5.32 Å². The van der Waals surface area contributed by atoms with E-state index in [1.165, 1.54) is 14.1 Å². The maximum absolute atomic E-state index is 11.4. The van der Waals surface area contributed by atoms with Crippen molar-refractivity contribution in [2.45, 2.75) is 25.3 Å². The first-order valence-electron chi connectivity index (χ1n) is 5.75. The van der Waals surface area contributed by atoms with Crippen LogP contribution in [0.3, 0.4) is 0 Å². The second-order valence-corrected chi connectivity index (χ2v) is 6.96. The van der Waals surface area contributed by atoms with E-state index in [0.29, 0.717) is 5.92 Å². The zero-order valence-electron chi connectivity index (χ0n) is 10.3. The number of sulfonamides is 1. The summed E-state index contributed by atoms with van der Waals surface area (Å²) in [6.07, 6.45) is 2.49. The van der Waals surface area contributed by atoms with Crippen LogP contribution in [0.2, 0.25) is 0 Å². The van der Waals surface area contributed by atoms with Gasteiger partial charge < -0.3 is 11.1 Å². The van der Waals surface area contributed by atoms with Crippen LogP contribution in [-0.4, -0.2) is 51.1 Å². The molecule has 0 saturated heterocycles. The van der Waals surface area contributed by atoms with E-state index in [1.807, 2.05) is 0 Å². The van der Waals surface area contributed by atoms with Crippen LogP contribution in [0.25, 0.3) is 0 Å². The summed E-state index contributed by atoms with van der Waals surface area (Å²) >= 11 is 0. The fourth-order valence-corrected chi connectivity index (χ4v) is 2.20. The van der Waals surface area contributed by atoms with Crippen LogP contribution in [0.15, 0.2) is 0 Å². The van der Waals surface area contributed by atoms with E-state index >= 15 is 0 Å². The monoisotopic (exact) mass is 263 g/mol. The summed E-state index contributed by atoms with van der Waals surface area (Å²) in [5.41, 5.74) is 5.80. The first-order chi connectivity index (χ1) is 7.83. The fourth-order valence-electron chi connectivity index (χ4n) is 1.48. The Morgan fingerprint density at radius 3 is 2.53 bits per heavy atom. The average Bonchev–Trinajstić information content (AvgIpc) is 2.99. The van der Waals surface area contributed by atoms with Crippen molar-refractivity contribution in [3.63, 3.8) is 0 Å². The Morgan fingerprint density at radius 1 is 1.47 bits per heavy atom. The molecule has 0 heterocycles. The van der Waals surface area contributed by atoms with Crippen LogP contribution in [0.1, 0.15) is 19.3 Å². The number of carbonyl (C=O) groups excluding carboxylic acids is 1. The van der Waals surface area contributed by atoms with Crippen LogP contribution in [-0.2, 0) is 14.8 Å². The normalized spacial score (nSPS) is 18.1. The van der Waals surface area contributed by atoms with Crippen molar-refractivity contribution in [3.05, 3.63) is 0 Å². The predicted molar refractivity (Wildman–Crippen MR) is 65.8 cm³/mol. The molecule has 1 saturated carbocycles. The molecule has 0 aromatic rings. The van der Waals surface area contributed by atoms with Gasteiger partial charge in [-0.15, -0.1) is 0 Å². The molecule has 1 aliphatic rings. The molecule has 1 amide bonds. The summed E-state index contributed by atoms with van der Waals surface area (Å²) in [4.78, 5) is 11.4. The van der Waals surface area contributed by atoms with Crippen molar-refractivity contribution in [2.75, 3.05) is 26.4 Å². The maximum atomic E-state index is 11.4. The molecular formula is C10H21N3O3S. The van der Waals surface area contributed by atoms with Crippen LogP contribution in [0.5, 0.6) is 0 Å². The number of hydrogen-bond donors (Lipinski definition) is 2. The third kappa shape index (κ3) is 5.01. The number of amides is 1. The number of nitrogens with two attached hydrogens (primary N) is 1. The van der Waals surface area contributed by atoms with Crippen LogP contribution >= 0.6 is 0 Å². The summed E-state index contributed by atoms with van der Waals surface area (Å²) in [6.45, 7) is 0.136. The number of rotatable bonds is 7. The lowest BCUT2D eigenvalue weighted by Gasteiger charge is -2.13. The van der Waals surface area contributed by atoms with Crippen molar-refractivity contribution >= 4 is 15.9 Å². The number of hydrogen-bond acceptors (Lipinski definition) is 4. The standard InChI is InChI=1S/C10H21N3O3S/c1-13(2)17(15,16)6-5-12-10(14)7-9(11)8-3-4-8/h8-9H,3-7,11H2,1-2H3,(H,12,14). The van der Waals surface area contributed by atoms with Gasteiger partial charge in [-0.3, -0.25) is 4.79 Å². The summed E-state index contributed by atoms with van der Waals surface area (Å²) < 4.78 is 24.0. The molecular weight excluding hydrogens is 242 g/mol. The highest BCUT2D eigenvalue weighted by molar-refractivity contribution is 7.89. The molecule has 100 valence electrons. The smallest absolute Gasteiger partial charge is 0.221 e. The maximum Gasteiger partial charge on any atom is 0.221 e. The van der Waals surface area contributed by atoms with E-state index in [4.69, 9.17) is 5.73 Å². The Bertz CT molecular complexity index is 363. The summed E-state index contributed by atoms with van der Waals surface area (Å²) in [7, 11) is -0.294. The highest BCUT2D eigenvalue weighted by Gasteiger charge is 2.29. The second kappa shape index (κ2) is 5.79. The first-order valence-corrected chi connectivity index (χ1v) is 7.36. The number of nitrogens with one attached hydrogen (secondary N) is 1. The third-order valence-corrected chi connectivity index (χ3v) is 4.72. The van der Waals surface area contributed by atoms with E-state index in [9.17, 15) is 13.2 Å². The molecule has 0 aromatic carbocycles. The van der Waals surface area contributed by atoms with Crippen molar-refractivity contribution in [1.29, 1.82) is 0 Å². The molecule has 3 N–H and O–H groups in total. The summed E-state index contributed by atoms with van der Waals surface area (Å²) in [6, 6.07) is -0.0829. The Labute approximate surface area is 103 Å². The number of carbonyl (C=O) groups is 1. The van der Waals surface area contributed by atoms with Crippen LogP contribution in [0, 0.1) is 5.92 Å². The average molecular weight is 263 g/mol. The van der Waals surface area contributed by atoms with Crippen LogP contribution in [0.4, 0.5) is 0 Å². The zero-order chi connectivity index (χ0) is 13.1. The van der Waals surface area contributed by atoms with Crippen molar-refractivity contribution in [2.24, 2.45) is 11.7 Å². The lowest BCUT2D eigenvalue weighted by molar-refractivity contribution is -0.121. The topological polar surface area (TPSA) is 92.5 Å². The van der Waals surface area contributed by atoms with E-state index in [-0.39, 0.29) is 30.7 Å². The zero-order valence-corrected chi connectivity index (χ0v) is 11.2. The lowest BCUT2D eigenvalue weighted by Crippen LogP contribution is -2.37. The third-order valence-electron chi connectivity index (χ3n) is 2.89. The molecule has 0 spiro atoms. The molecule has 17 heavy (non-hydrogen) atoms. The Kier molecular flexibility index (Phi) is 4.91. The SMILES string of the molecule is CN(C)S(=O)(=O)CCNC(=O)CC(N)C1CC1. The molecule has 1 rings (SSSR count). The molecule has 0 aliphatic heterocycles. The molecule has 7 heteroatoms. The lowest BCUT2D eigenvalue weighted by atomic mass is 10.1.